The fourth-order valence-corrected chi connectivity index (χ4v) is 6.22. The molecule has 9 heteroatoms. The number of carbonyl (C=O) groups is 1. The molecule has 0 bridgehead atoms. The molecule has 0 unspecified atom stereocenters. The minimum Gasteiger partial charge on any atom is -0.472 e. The molecule has 156 valence electrons. The van der Waals surface area contributed by atoms with Crippen LogP contribution in [-0.4, -0.2) is 32.5 Å². The monoisotopic (exact) mass is 444 g/mol. The van der Waals surface area contributed by atoms with E-state index in [1.807, 2.05) is 5.38 Å². The van der Waals surface area contributed by atoms with Crippen LogP contribution in [0, 0.1) is 0 Å². The van der Waals surface area contributed by atoms with Crippen LogP contribution >= 0.6 is 11.3 Å². The Kier molecular flexibility index (Phi) is 4.59. The molecule has 2 aliphatic heterocycles. The SMILES string of the molecule is O=C1CCc2cc(S(=O)(=O)NC[C@@](O)(c3ccoc3)c3cccs3)cc3c2N1CC3. The standard InChI is InChI=1S/C21H20N2O5S2/c24-19-4-3-14-10-17(11-15-5-7-23(19)20(14)15)30(26,27)22-13-21(25,16-6-8-28-12-16)18-2-1-9-29-18/h1-2,6,8-12,22,25H,3-5,7,13H2/t21-/m1/s1. The number of aryl methyl sites for hydroxylation is 1. The van der Waals surface area contributed by atoms with E-state index in [4.69, 9.17) is 4.42 Å². The highest BCUT2D eigenvalue weighted by Crippen LogP contribution is 2.39. The van der Waals surface area contributed by atoms with E-state index in [-0.39, 0.29) is 17.3 Å². The van der Waals surface area contributed by atoms with Crippen molar-refractivity contribution in [3.05, 3.63) is 69.8 Å². The molecule has 2 aliphatic rings. The van der Waals surface area contributed by atoms with E-state index in [1.165, 1.54) is 23.9 Å². The van der Waals surface area contributed by atoms with Crippen LogP contribution in [0.4, 0.5) is 5.69 Å². The van der Waals surface area contributed by atoms with Gasteiger partial charge >= 0.3 is 0 Å². The number of aliphatic hydroxyl groups is 1. The zero-order chi connectivity index (χ0) is 20.9. The van der Waals surface area contributed by atoms with Crippen molar-refractivity contribution in [2.24, 2.45) is 0 Å². The molecule has 3 aromatic rings. The number of nitrogens with one attached hydrogen (secondary N) is 1. The number of benzene rings is 1. The molecule has 2 aromatic heterocycles. The molecule has 0 saturated carbocycles. The van der Waals surface area contributed by atoms with Crippen LogP contribution in [0.3, 0.4) is 0 Å². The third kappa shape index (κ3) is 3.09. The van der Waals surface area contributed by atoms with E-state index in [9.17, 15) is 18.3 Å². The van der Waals surface area contributed by atoms with Crippen molar-refractivity contribution in [2.75, 3.05) is 18.0 Å². The van der Waals surface area contributed by atoms with Gasteiger partial charge in [-0.05, 0) is 53.6 Å². The number of nitrogens with zero attached hydrogens (tertiary/aromatic N) is 1. The van der Waals surface area contributed by atoms with Gasteiger partial charge in [0.1, 0.15) is 5.60 Å². The molecule has 1 atom stereocenters. The Hall–Kier alpha value is -2.46. The van der Waals surface area contributed by atoms with Gasteiger partial charge in [-0.2, -0.15) is 0 Å². The number of thiophene rings is 1. The fraction of sp³-hybridized carbons (Fsp3) is 0.286. The first-order valence-corrected chi connectivity index (χ1v) is 12.0. The maximum absolute atomic E-state index is 13.1. The quantitative estimate of drug-likeness (QED) is 0.608. The number of amides is 1. The van der Waals surface area contributed by atoms with Gasteiger partial charge in [-0.25, -0.2) is 13.1 Å². The number of sulfonamides is 1. The maximum atomic E-state index is 13.1. The summed E-state index contributed by atoms with van der Waals surface area (Å²) < 4.78 is 34.0. The average Bonchev–Trinajstić information content (AvgIpc) is 3.50. The lowest BCUT2D eigenvalue weighted by atomic mass is 9.95. The van der Waals surface area contributed by atoms with Crippen LogP contribution in [0.15, 0.2) is 57.6 Å². The summed E-state index contributed by atoms with van der Waals surface area (Å²) in [6.45, 7) is 0.364. The van der Waals surface area contributed by atoms with Crippen LogP contribution in [0.2, 0.25) is 0 Å². The minimum atomic E-state index is -3.88. The van der Waals surface area contributed by atoms with Crippen molar-refractivity contribution in [1.29, 1.82) is 0 Å². The smallest absolute Gasteiger partial charge is 0.240 e. The summed E-state index contributed by atoms with van der Waals surface area (Å²) >= 11 is 1.34. The number of furan rings is 1. The third-order valence-electron chi connectivity index (χ3n) is 5.78. The van der Waals surface area contributed by atoms with Crippen LogP contribution < -0.4 is 9.62 Å². The van der Waals surface area contributed by atoms with Crippen molar-refractivity contribution >= 4 is 33.0 Å². The molecular weight excluding hydrogens is 424 g/mol. The average molecular weight is 445 g/mol. The van der Waals surface area contributed by atoms with Gasteiger partial charge in [0.25, 0.3) is 0 Å². The number of hydrogen-bond acceptors (Lipinski definition) is 6. The first-order chi connectivity index (χ1) is 14.4. The summed E-state index contributed by atoms with van der Waals surface area (Å²) in [5.41, 5.74) is 1.57. The highest BCUT2D eigenvalue weighted by molar-refractivity contribution is 7.89. The lowest BCUT2D eigenvalue weighted by Gasteiger charge is -2.27. The van der Waals surface area contributed by atoms with Crippen LogP contribution in [0.1, 0.15) is 28.0 Å². The second kappa shape index (κ2) is 7.05. The summed E-state index contributed by atoms with van der Waals surface area (Å²) in [4.78, 5) is 14.6. The first-order valence-electron chi connectivity index (χ1n) is 9.63. The van der Waals surface area contributed by atoms with E-state index in [0.29, 0.717) is 36.2 Å². The van der Waals surface area contributed by atoms with E-state index in [0.717, 1.165) is 16.8 Å². The normalized spacial score (nSPS) is 17.8. The summed E-state index contributed by atoms with van der Waals surface area (Å²) in [5, 5.41) is 13.2. The number of anilines is 1. The van der Waals surface area contributed by atoms with Gasteiger partial charge in [-0.1, -0.05) is 6.07 Å². The summed E-state index contributed by atoms with van der Waals surface area (Å²) in [5.74, 6) is 0.0936. The topological polar surface area (TPSA) is 99.8 Å². The van der Waals surface area contributed by atoms with Gasteiger partial charge in [0.05, 0.1) is 23.1 Å². The van der Waals surface area contributed by atoms with E-state index in [1.54, 1.807) is 35.2 Å². The molecule has 0 aliphatic carbocycles. The molecule has 0 radical (unpaired) electrons. The molecule has 7 nitrogen and oxygen atoms in total. The summed E-state index contributed by atoms with van der Waals surface area (Å²) in [7, 11) is -3.88. The van der Waals surface area contributed by atoms with Gasteiger partial charge in [-0.3, -0.25) is 4.79 Å². The minimum absolute atomic E-state index is 0.0936. The maximum Gasteiger partial charge on any atom is 0.240 e. The Labute approximate surface area is 178 Å². The highest BCUT2D eigenvalue weighted by atomic mass is 32.2. The van der Waals surface area contributed by atoms with Gasteiger partial charge in [-0.15, -0.1) is 11.3 Å². The highest BCUT2D eigenvalue weighted by Gasteiger charge is 2.37. The molecule has 1 amide bonds. The summed E-state index contributed by atoms with van der Waals surface area (Å²) in [6, 6.07) is 8.48. The van der Waals surface area contributed by atoms with Crippen molar-refractivity contribution in [2.45, 2.75) is 29.8 Å². The number of rotatable bonds is 6. The van der Waals surface area contributed by atoms with Crippen molar-refractivity contribution < 1.29 is 22.7 Å². The predicted octanol–water partition coefficient (Wildman–Crippen LogP) is 2.39. The third-order valence-corrected chi connectivity index (χ3v) is 8.18. The van der Waals surface area contributed by atoms with Crippen LogP contribution in [-0.2, 0) is 33.3 Å². The van der Waals surface area contributed by atoms with Gasteiger partial charge in [0.15, 0.2) is 0 Å². The molecule has 4 heterocycles. The number of hydrogen-bond donors (Lipinski definition) is 2. The van der Waals surface area contributed by atoms with E-state index < -0.39 is 15.6 Å². The van der Waals surface area contributed by atoms with Crippen molar-refractivity contribution in [1.82, 2.24) is 4.72 Å². The van der Waals surface area contributed by atoms with Crippen LogP contribution in [0.5, 0.6) is 0 Å². The molecule has 5 rings (SSSR count). The predicted molar refractivity (Wildman–Crippen MR) is 112 cm³/mol. The largest absolute Gasteiger partial charge is 0.472 e. The van der Waals surface area contributed by atoms with E-state index >= 15 is 0 Å². The van der Waals surface area contributed by atoms with E-state index in [2.05, 4.69) is 4.72 Å². The first kappa shape index (κ1) is 19.5. The Bertz CT molecular complexity index is 1170. The van der Waals surface area contributed by atoms with Crippen LogP contribution in [0.25, 0.3) is 0 Å². The van der Waals surface area contributed by atoms with Gasteiger partial charge in [0, 0.05) is 30.0 Å². The lowest BCUT2D eigenvalue weighted by Crippen LogP contribution is -2.41. The molecule has 1 aromatic carbocycles. The fourth-order valence-electron chi connectivity index (χ4n) is 4.21. The molecule has 0 spiro atoms. The zero-order valence-corrected chi connectivity index (χ0v) is 17.6. The Morgan fingerprint density at radius 1 is 1.20 bits per heavy atom. The molecule has 30 heavy (non-hydrogen) atoms. The van der Waals surface area contributed by atoms with Gasteiger partial charge < -0.3 is 14.4 Å². The van der Waals surface area contributed by atoms with Crippen molar-refractivity contribution in [3.8, 4) is 0 Å². The number of carbonyl (C=O) groups excluding carboxylic acids is 1. The lowest BCUT2D eigenvalue weighted by molar-refractivity contribution is -0.118. The summed E-state index contributed by atoms with van der Waals surface area (Å²) in [6.07, 6.45) is 4.43. The zero-order valence-electron chi connectivity index (χ0n) is 16.0. The molecular formula is C21H20N2O5S2. The second-order valence-corrected chi connectivity index (χ2v) is 10.3. The molecule has 0 fully saturated rings. The molecule has 2 N–H and O–H groups in total. The molecule has 0 saturated heterocycles. The second-order valence-electron chi connectivity index (χ2n) is 7.56. The van der Waals surface area contributed by atoms with Gasteiger partial charge in [0.2, 0.25) is 15.9 Å². The Morgan fingerprint density at radius 3 is 2.70 bits per heavy atom. The Morgan fingerprint density at radius 2 is 2.00 bits per heavy atom. The van der Waals surface area contributed by atoms with Crippen molar-refractivity contribution in [3.63, 3.8) is 0 Å². The Balaban J connectivity index is 1.46.